The van der Waals surface area contributed by atoms with Crippen molar-refractivity contribution in [1.29, 1.82) is 0 Å². The zero-order valence-corrected chi connectivity index (χ0v) is 19.7. The van der Waals surface area contributed by atoms with E-state index in [0.717, 1.165) is 24.3 Å². The predicted molar refractivity (Wildman–Crippen MR) is 130 cm³/mol. The number of hydrogen-bond donors (Lipinski definition) is 0. The molecule has 0 radical (unpaired) electrons. The van der Waals surface area contributed by atoms with Crippen molar-refractivity contribution in [2.45, 2.75) is 90.9 Å². The van der Waals surface area contributed by atoms with Gasteiger partial charge in [0.1, 0.15) is 11.6 Å². The fourth-order valence-electron chi connectivity index (χ4n) is 4.90. The molecule has 1 nitrogen and oxygen atoms in total. The molecule has 0 aromatic heterocycles. The van der Waals surface area contributed by atoms with Crippen LogP contribution in [0.3, 0.4) is 0 Å². The topological polar surface area (TPSA) is 9.23 Å². The number of ether oxygens (including phenoxy) is 1. The van der Waals surface area contributed by atoms with Gasteiger partial charge in [0.15, 0.2) is 0 Å². The zero-order valence-electron chi connectivity index (χ0n) is 19.7. The van der Waals surface area contributed by atoms with Crippen LogP contribution in [0, 0.1) is 17.7 Å². The van der Waals surface area contributed by atoms with E-state index in [4.69, 9.17) is 4.74 Å². The normalized spacial score (nSPS) is 18.8. The Hall–Kier alpha value is -1.83. The Labute approximate surface area is 189 Å². The van der Waals surface area contributed by atoms with Crippen LogP contribution in [0.1, 0.15) is 90.0 Å². The number of hydrogen-bond acceptors (Lipinski definition) is 1. The van der Waals surface area contributed by atoms with Crippen molar-refractivity contribution in [3.63, 3.8) is 0 Å². The molecule has 2 aromatic rings. The second-order valence-electron chi connectivity index (χ2n) is 9.49. The van der Waals surface area contributed by atoms with E-state index < -0.39 is 0 Å². The first-order valence-electron chi connectivity index (χ1n) is 12.7. The van der Waals surface area contributed by atoms with Crippen molar-refractivity contribution in [2.75, 3.05) is 6.61 Å². The summed E-state index contributed by atoms with van der Waals surface area (Å²) in [6, 6.07) is 13.6. The fraction of sp³-hybridized carbons (Fsp3) is 0.586. The second-order valence-corrected chi connectivity index (χ2v) is 9.49. The Bertz CT molecular complexity index is 759. The number of rotatable bonds is 12. The van der Waals surface area contributed by atoms with E-state index in [0.29, 0.717) is 23.8 Å². The van der Waals surface area contributed by atoms with E-state index >= 15 is 0 Å². The SMILES string of the molecule is CCCCCCC[C@H]1CC[C@H](COc2ccc(-c3ccc(CCC)cc3)c(F)c2)CC1. The molecule has 0 N–H and O–H groups in total. The summed E-state index contributed by atoms with van der Waals surface area (Å²) in [6.07, 6.45) is 15.7. The molecule has 2 aromatic carbocycles. The van der Waals surface area contributed by atoms with Gasteiger partial charge >= 0.3 is 0 Å². The van der Waals surface area contributed by atoms with Gasteiger partial charge in [0.05, 0.1) is 6.61 Å². The number of halogens is 1. The van der Waals surface area contributed by atoms with Gasteiger partial charge in [-0.25, -0.2) is 4.39 Å². The molecule has 0 amide bonds. The van der Waals surface area contributed by atoms with E-state index in [1.165, 1.54) is 69.8 Å². The third-order valence-corrected chi connectivity index (χ3v) is 6.91. The van der Waals surface area contributed by atoms with E-state index in [1.807, 2.05) is 24.3 Å². The van der Waals surface area contributed by atoms with Gasteiger partial charge in [-0.3, -0.25) is 0 Å². The third-order valence-electron chi connectivity index (χ3n) is 6.91. The molecule has 1 saturated carbocycles. The van der Waals surface area contributed by atoms with E-state index in [9.17, 15) is 4.39 Å². The molecule has 0 bridgehead atoms. The Kier molecular flexibility index (Phi) is 9.90. The van der Waals surface area contributed by atoms with Crippen LogP contribution in [0.2, 0.25) is 0 Å². The summed E-state index contributed by atoms with van der Waals surface area (Å²) >= 11 is 0. The van der Waals surface area contributed by atoms with Crippen molar-refractivity contribution in [3.8, 4) is 16.9 Å². The summed E-state index contributed by atoms with van der Waals surface area (Å²) in [6.45, 7) is 5.17. The minimum atomic E-state index is -0.201. The summed E-state index contributed by atoms with van der Waals surface area (Å²) < 4.78 is 20.7. The maximum atomic E-state index is 14.7. The smallest absolute Gasteiger partial charge is 0.134 e. The first-order chi connectivity index (χ1) is 15.2. The fourth-order valence-corrected chi connectivity index (χ4v) is 4.90. The van der Waals surface area contributed by atoms with Crippen LogP contribution in [-0.2, 0) is 6.42 Å². The van der Waals surface area contributed by atoms with Gasteiger partial charge in [0, 0.05) is 11.6 Å². The molecule has 3 rings (SSSR count). The molecule has 0 saturated heterocycles. The number of benzene rings is 2. The lowest BCUT2D eigenvalue weighted by Crippen LogP contribution is -2.20. The highest BCUT2D eigenvalue weighted by molar-refractivity contribution is 5.65. The van der Waals surface area contributed by atoms with Gasteiger partial charge in [-0.05, 0) is 54.4 Å². The molecule has 0 atom stereocenters. The Morgan fingerprint density at radius 2 is 1.52 bits per heavy atom. The van der Waals surface area contributed by atoms with Crippen molar-refractivity contribution in [3.05, 3.63) is 53.8 Å². The lowest BCUT2D eigenvalue weighted by atomic mass is 9.80. The maximum absolute atomic E-state index is 14.7. The lowest BCUT2D eigenvalue weighted by molar-refractivity contribution is 0.177. The molecule has 0 aliphatic heterocycles. The van der Waals surface area contributed by atoms with Crippen LogP contribution in [0.25, 0.3) is 11.1 Å². The summed E-state index contributed by atoms with van der Waals surface area (Å²) in [5.41, 5.74) is 2.88. The van der Waals surface area contributed by atoms with Gasteiger partial charge in [-0.2, -0.15) is 0 Å². The van der Waals surface area contributed by atoms with Gasteiger partial charge in [0.2, 0.25) is 0 Å². The summed E-state index contributed by atoms with van der Waals surface area (Å²) in [5.74, 6) is 1.98. The lowest BCUT2D eigenvalue weighted by Gasteiger charge is -2.28. The highest BCUT2D eigenvalue weighted by Gasteiger charge is 2.21. The molecule has 0 unspecified atom stereocenters. The predicted octanol–water partition coefficient (Wildman–Crippen LogP) is 8.99. The highest BCUT2D eigenvalue weighted by atomic mass is 19.1. The van der Waals surface area contributed by atoms with Crippen molar-refractivity contribution >= 4 is 0 Å². The number of aryl methyl sites for hydroxylation is 1. The zero-order chi connectivity index (χ0) is 21.9. The van der Waals surface area contributed by atoms with Crippen LogP contribution in [-0.4, -0.2) is 6.61 Å². The summed E-state index contributed by atoms with van der Waals surface area (Å²) in [7, 11) is 0. The minimum absolute atomic E-state index is 0.201. The number of unbranched alkanes of at least 4 members (excludes halogenated alkanes) is 4. The molecule has 0 spiro atoms. The molecule has 1 aliphatic carbocycles. The third kappa shape index (κ3) is 7.66. The summed E-state index contributed by atoms with van der Waals surface area (Å²) in [4.78, 5) is 0. The Morgan fingerprint density at radius 1 is 0.806 bits per heavy atom. The average Bonchev–Trinajstić information content (AvgIpc) is 2.79. The van der Waals surface area contributed by atoms with E-state index in [-0.39, 0.29) is 5.82 Å². The standard InChI is InChI=1S/C29H41FO/c1-3-5-6-7-8-10-24-11-13-25(14-12-24)22-31-27-19-20-28(29(30)21-27)26-17-15-23(9-4-2)16-18-26/h15-21,24-25H,3-14,22H2,1-2H3/t24-,25-. The maximum Gasteiger partial charge on any atom is 0.134 e. The Balaban J connectivity index is 1.42. The van der Waals surface area contributed by atoms with Crippen molar-refractivity contribution < 1.29 is 9.13 Å². The van der Waals surface area contributed by atoms with Crippen LogP contribution >= 0.6 is 0 Å². The van der Waals surface area contributed by atoms with Gasteiger partial charge in [0.25, 0.3) is 0 Å². The highest BCUT2D eigenvalue weighted by Crippen LogP contribution is 2.33. The van der Waals surface area contributed by atoms with Crippen molar-refractivity contribution in [2.24, 2.45) is 11.8 Å². The van der Waals surface area contributed by atoms with Gasteiger partial charge < -0.3 is 4.74 Å². The van der Waals surface area contributed by atoms with E-state index in [2.05, 4.69) is 26.0 Å². The molecule has 0 heterocycles. The molecule has 1 fully saturated rings. The first kappa shape index (κ1) is 23.8. The molecular formula is C29H41FO. The molecular weight excluding hydrogens is 383 g/mol. The molecule has 1 aliphatic rings. The summed E-state index contributed by atoms with van der Waals surface area (Å²) in [5, 5.41) is 0. The Morgan fingerprint density at radius 3 is 2.19 bits per heavy atom. The largest absolute Gasteiger partial charge is 0.493 e. The van der Waals surface area contributed by atoms with Gasteiger partial charge in [-0.15, -0.1) is 0 Å². The molecule has 170 valence electrons. The van der Waals surface area contributed by atoms with Crippen LogP contribution in [0.5, 0.6) is 5.75 Å². The minimum Gasteiger partial charge on any atom is -0.493 e. The van der Waals surface area contributed by atoms with Crippen molar-refractivity contribution in [1.82, 2.24) is 0 Å². The van der Waals surface area contributed by atoms with Gasteiger partial charge in [-0.1, -0.05) is 95.9 Å². The van der Waals surface area contributed by atoms with Crippen LogP contribution < -0.4 is 4.74 Å². The molecule has 31 heavy (non-hydrogen) atoms. The monoisotopic (exact) mass is 424 g/mol. The quantitative estimate of drug-likeness (QED) is 0.309. The van der Waals surface area contributed by atoms with Crippen LogP contribution in [0.4, 0.5) is 4.39 Å². The molecule has 2 heteroatoms. The average molecular weight is 425 g/mol. The van der Waals surface area contributed by atoms with E-state index in [1.54, 1.807) is 6.07 Å². The first-order valence-corrected chi connectivity index (χ1v) is 12.7. The second kappa shape index (κ2) is 12.9. The van der Waals surface area contributed by atoms with Crippen LogP contribution in [0.15, 0.2) is 42.5 Å².